The van der Waals surface area contributed by atoms with E-state index in [4.69, 9.17) is 9.47 Å². The van der Waals surface area contributed by atoms with Gasteiger partial charge in [-0.2, -0.15) is 0 Å². The van der Waals surface area contributed by atoms with Crippen molar-refractivity contribution in [3.05, 3.63) is 23.8 Å². The van der Waals surface area contributed by atoms with E-state index in [2.05, 4.69) is 11.4 Å². The molecule has 3 heteroatoms. The van der Waals surface area contributed by atoms with Crippen molar-refractivity contribution < 1.29 is 9.47 Å². The van der Waals surface area contributed by atoms with Crippen LogP contribution in [0, 0.1) is 0 Å². The summed E-state index contributed by atoms with van der Waals surface area (Å²) in [7, 11) is 3.33. The number of nitrogens with one attached hydrogen (secondary N) is 1. The minimum atomic E-state index is 0.778. The molecular formula is C13H19NO2. The Morgan fingerprint density at radius 3 is 2.56 bits per heavy atom. The molecule has 2 rings (SSSR count). The number of methoxy groups -OCH3 is 2. The second kappa shape index (κ2) is 5.21. The summed E-state index contributed by atoms with van der Waals surface area (Å²) in [5.74, 6) is 1.60. The normalized spacial score (nSPS) is 14.9. The SMILES string of the molecule is COc1ccc(CCNC2CC2)cc1OC. The van der Waals surface area contributed by atoms with Gasteiger partial charge in [0.15, 0.2) is 11.5 Å². The van der Waals surface area contributed by atoms with Gasteiger partial charge in [0.2, 0.25) is 0 Å². The molecule has 0 amide bonds. The summed E-state index contributed by atoms with van der Waals surface area (Å²) in [5, 5.41) is 3.50. The van der Waals surface area contributed by atoms with Crippen LogP contribution in [0.4, 0.5) is 0 Å². The Morgan fingerprint density at radius 1 is 1.19 bits per heavy atom. The van der Waals surface area contributed by atoms with Crippen LogP contribution in [0.5, 0.6) is 11.5 Å². The summed E-state index contributed by atoms with van der Waals surface area (Å²) in [4.78, 5) is 0. The molecule has 0 unspecified atom stereocenters. The monoisotopic (exact) mass is 221 g/mol. The van der Waals surface area contributed by atoms with Crippen LogP contribution in [0.1, 0.15) is 18.4 Å². The fraction of sp³-hybridized carbons (Fsp3) is 0.538. The number of hydrogen-bond donors (Lipinski definition) is 1. The topological polar surface area (TPSA) is 30.5 Å². The lowest BCUT2D eigenvalue weighted by Crippen LogP contribution is -2.19. The predicted molar refractivity (Wildman–Crippen MR) is 64.3 cm³/mol. The van der Waals surface area contributed by atoms with Crippen LogP contribution < -0.4 is 14.8 Å². The molecule has 0 saturated heterocycles. The Bertz CT molecular complexity index is 348. The first-order valence-corrected chi connectivity index (χ1v) is 5.78. The third kappa shape index (κ3) is 2.89. The van der Waals surface area contributed by atoms with E-state index in [-0.39, 0.29) is 0 Å². The minimum Gasteiger partial charge on any atom is -0.493 e. The highest BCUT2D eigenvalue weighted by atomic mass is 16.5. The molecule has 1 aromatic carbocycles. The first-order valence-electron chi connectivity index (χ1n) is 5.78. The highest BCUT2D eigenvalue weighted by Gasteiger charge is 2.19. The van der Waals surface area contributed by atoms with Gasteiger partial charge in [0, 0.05) is 6.04 Å². The van der Waals surface area contributed by atoms with Gasteiger partial charge in [-0.15, -0.1) is 0 Å². The van der Waals surface area contributed by atoms with Crippen molar-refractivity contribution in [1.82, 2.24) is 5.32 Å². The molecule has 1 N–H and O–H groups in total. The molecule has 1 saturated carbocycles. The van der Waals surface area contributed by atoms with Crippen LogP contribution in [0.15, 0.2) is 18.2 Å². The molecule has 1 aliphatic rings. The highest BCUT2D eigenvalue weighted by Crippen LogP contribution is 2.27. The molecule has 0 heterocycles. The van der Waals surface area contributed by atoms with Crippen molar-refractivity contribution >= 4 is 0 Å². The van der Waals surface area contributed by atoms with E-state index in [0.717, 1.165) is 30.5 Å². The summed E-state index contributed by atoms with van der Waals surface area (Å²) >= 11 is 0. The fourth-order valence-corrected chi connectivity index (χ4v) is 1.74. The Balaban J connectivity index is 1.92. The molecule has 88 valence electrons. The van der Waals surface area contributed by atoms with E-state index in [0.29, 0.717) is 0 Å². The standard InChI is InChI=1S/C13H19NO2/c1-15-12-6-3-10(9-13(12)16-2)7-8-14-11-4-5-11/h3,6,9,11,14H,4-5,7-8H2,1-2H3. The quantitative estimate of drug-likeness (QED) is 0.797. The van der Waals surface area contributed by atoms with Crippen molar-refractivity contribution in [3.8, 4) is 11.5 Å². The lowest BCUT2D eigenvalue weighted by atomic mass is 10.1. The maximum absolute atomic E-state index is 5.27. The average molecular weight is 221 g/mol. The minimum absolute atomic E-state index is 0.778. The van der Waals surface area contributed by atoms with E-state index in [9.17, 15) is 0 Å². The Morgan fingerprint density at radius 2 is 1.94 bits per heavy atom. The van der Waals surface area contributed by atoms with Gasteiger partial charge in [0.05, 0.1) is 14.2 Å². The maximum atomic E-state index is 5.27. The van der Waals surface area contributed by atoms with Gasteiger partial charge < -0.3 is 14.8 Å². The average Bonchev–Trinajstić information content (AvgIpc) is 3.13. The molecule has 16 heavy (non-hydrogen) atoms. The van der Waals surface area contributed by atoms with Crippen molar-refractivity contribution in [3.63, 3.8) is 0 Å². The third-order valence-electron chi connectivity index (χ3n) is 2.87. The molecule has 1 aliphatic carbocycles. The van der Waals surface area contributed by atoms with Crippen molar-refractivity contribution in [2.24, 2.45) is 0 Å². The Labute approximate surface area is 96.8 Å². The first kappa shape index (κ1) is 11.3. The van der Waals surface area contributed by atoms with Crippen LogP contribution in [0.3, 0.4) is 0 Å². The zero-order chi connectivity index (χ0) is 11.4. The smallest absolute Gasteiger partial charge is 0.160 e. The molecule has 0 bridgehead atoms. The van der Waals surface area contributed by atoms with E-state index < -0.39 is 0 Å². The number of hydrogen-bond acceptors (Lipinski definition) is 3. The first-order chi connectivity index (χ1) is 7.83. The predicted octanol–water partition coefficient (Wildman–Crippen LogP) is 2.00. The zero-order valence-corrected chi connectivity index (χ0v) is 9.95. The van der Waals surface area contributed by atoms with Gasteiger partial charge in [-0.05, 0) is 43.5 Å². The second-order valence-electron chi connectivity index (χ2n) is 4.17. The van der Waals surface area contributed by atoms with Crippen molar-refractivity contribution in [2.45, 2.75) is 25.3 Å². The lowest BCUT2D eigenvalue weighted by Gasteiger charge is -2.09. The van der Waals surface area contributed by atoms with Crippen molar-refractivity contribution in [2.75, 3.05) is 20.8 Å². The van der Waals surface area contributed by atoms with Crippen molar-refractivity contribution in [1.29, 1.82) is 0 Å². The van der Waals surface area contributed by atoms with E-state index in [1.807, 2.05) is 12.1 Å². The van der Waals surface area contributed by atoms with Crippen LogP contribution in [0.25, 0.3) is 0 Å². The summed E-state index contributed by atoms with van der Waals surface area (Å²) in [6, 6.07) is 6.88. The zero-order valence-electron chi connectivity index (χ0n) is 9.95. The molecule has 0 aromatic heterocycles. The van der Waals surface area contributed by atoms with Gasteiger partial charge in [0.1, 0.15) is 0 Å². The molecule has 0 radical (unpaired) electrons. The van der Waals surface area contributed by atoms with Gasteiger partial charge in [-0.3, -0.25) is 0 Å². The van der Waals surface area contributed by atoms with Crippen LogP contribution >= 0.6 is 0 Å². The fourth-order valence-electron chi connectivity index (χ4n) is 1.74. The van der Waals surface area contributed by atoms with E-state index in [1.165, 1.54) is 18.4 Å². The van der Waals surface area contributed by atoms with Gasteiger partial charge >= 0.3 is 0 Å². The molecule has 0 spiro atoms. The molecule has 1 fully saturated rings. The van der Waals surface area contributed by atoms with Gasteiger partial charge in [0.25, 0.3) is 0 Å². The summed E-state index contributed by atoms with van der Waals surface area (Å²) in [6.07, 6.45) is 3.72. The van der Waals surface area contributed by atoms with Crippen LogP contribution in [-0.4, -0.2) is 26.8 Å². The lowest BCUT2D eigenvalue weighted by molar-refractivity contribution is 0.354. The summed E-state index contributed by atoms with van der Waals surface area (Å²) in [6.45, 7) is 1.04. The largest absolute Gasteiger partial charge is 0.493 e. The van der Waals surface area contributed by atoms with Crippen LogP contribution in [-0.2, 0) is 6.42 Å². The summed E-state index contributed by atoms with van der Waals surface area (Å²) < 4.78 is 10.5. The Kier molecular flexibility index (Phi) is 3.67. The van der Waals surface area contributed by atoms with E-state index in [1.54, 1.807) is 14.2 Å². The number of rotatable bonds is 6. The molecule has 3 nitrogen and oxygen atoms in total. The van der Waals surface area contributed by atoms with Crippen LogP contribution in [0.2, 0.25) is 0 Å². The molecule has 1 aromatic rings. The molecular weight excluding hydrogens is 202 g/mol. The second-order valence-corrected chi connectivity index (χ2v) is 4.17. The highest BCUT2D eigenvalue weighted by molar-refractivity contribution is 5.42. The maximum Gasteiger partial charge on any atom is 0.160 e. The molecule has 0 aliphatic heterocycles. The summed E-state index contributed by atoms with van der Waals surface area (Å²) in [5.41, 5.74) is 1.28. The molecule has 0 atom stereocenters. The van der Waals surface area contributed by atoms with Gasteiger partial charge in [-0.25, -0.2) is 0 Å². The number of benzene rings is 1. The third-order valence-corrected chi connectivity index (χ3v) is 2.87. The number of ether oxygens (including phenoxy) is 2. The van der Waals surface area contributed by atoms with Gasteiger partial charge in [-0.1, -0.05) is 6.07 Å². The Hall–Kier alpha value is -1.22. The van der Waals surface area contributed by atoms with E-state index >= 15 is 0 Å².